The summed E-state index contributed by atoms with van der Waals surface area (Å²) in [5, 5.41) is 0.268. The van der Waals surface area contributed by atoms with Crippen molar-refractivity contribution in [3.8, 4) is 0 Å². The summed E-state index contributed by atoms with van der Waals surface area (Å²) >= 11 is 9.20. The van der Waals surface area contributed by atoms with E-state index < -0.39 is 16.6 Å². The molecule has 19 heavy (non-hydrogen) atoms. The molecule has 0 spiro atoms. The van der Waals surface area contributed by atoms with Gasteiger partial charge < -0.3 is 5.73 Å². The van der Waals surface area contributed by atoms with Gasteiger partial charge in [-0.1, -0.05) is 33.6 Å². The highest BCUT2D eigenvalue weighted by atomic mass is 79.9. The van der Waals surface area contributed by atoms with Crippen LogP contribution in [0.2, 0.25) is 5.02 Å². The van der Waals surface area contributed by atoms with E-state index in [1.807, 2.05) is 0 Å². The van der Waals surface area contributed by atoms with E-state index in [1.54, 1.807) is 18.2 Å². The first-order valence-electron chi connectivity index (χ1n) is 5.34. The van der Waals surface area contributed by atoms with E-state index in [1.165, 1.54) is 18.2 Å². The molecule has 1 atom stereocenters. The molecular formula is C13H10BrClFNOS. The summed E-state index contributed by atoms with van der Waals surface area (Å²) in [6, 6.07) is 9.20. The van der Waals surface area contributed by atoms with Crippen LogP contribution in [0.1, 0.15) is 5.56 Å². The van der Waals surface area contributed by atoms with Crippen LogP contribution in [0.25, 0.3) is 0 Å². The number of hydrogen-bond donors (Lipinski definition) is 1. The average molecular weight is 363 g/mol. The quantitative estimate of drug-likeness (QED) is 0.834. The Balaban J connectivity index is 2.25. The molecule has 1 unspecified atom stereocenters. The Hall–Kier alpha value is -0.910. The maximum Gasteiger partial charge on any atom is 0.124 e. The molecule has 6 heteroatoms. The van der Waals surface area contributed by atoms with Crippen molar-refractivity contribution >= 4 is 44.0 Å². The van der Waals surface area contributed by atoms with Crippen LogP contribution < -0.4 is 5.73 Å². The second-order valence-electron chi connectivity index (χ2n) is 3.91. The molecule has 0 aliphatic heterocycles. The Bertz CT molecular complexity index is 651. The molecule has 0 aliphatic carbocycles. The molecule has 0 fully saturated rings. The molecule has 0 saturated heterocycles. The zero-order chi connectivity index (χ0) is 14.0. The van der Waals surface area contributed by atoms with E-state index in [-0.39, 0.29) is 10.8 Å². The summed E-state index contributed by atoms with van der Waals surface area (Å²) in [7, 11) is -1.32. The third-order valence-corrected chi connectivity index (χ3v) is 4.80. The molecule has 0 saturated carbocycles. The molecular weight excluding hydrogens is 353 g/mol. The Morgan fingerprint density at radius 1 is 1.26 bits per heavy atom. The molecule has 0 heterocycles. The van der Waals surface area contributed by atoms with E-state index in [9.17, 15) is 8.60 Å². The van der Waals surface area contributed by atoms with Gasteiger partial charge in [0.2, 0.25) is 0 Å². The van der Waals surface area contributed by atoms with Gasteiger partial charge in [-0.2, -0.15) is 0 Å². The molecule has 2 aromatic rings. The van der Waals surface area contributed by atoms with Crippen molar-refractivity contribution in [1.82, 2.24) is 0 Å². The average Bonchev–Trinajstić information content (AvgIpc) is 2.32. The van der Waals surface area contributed by atoms with Crippen LogP contribution in [0.5, 0.6) is 0 Å². The van der Waals surface area contributed by atoms with Crippen molar-refractivity contribution < 1.29 is 8.60 Å². The fourth-order valence-corrected chi connectivity index (χ4v) is 3.51. The SMILES string of the molecule is Nc1cc(Br)ccc1S(=O)Cc1ccc(F)cc1Cl. The monoisotopic (exact) mass is 361 g/mol. The molecule has 100 valence electrons. The maximum absolute atomic E-state index is 12.9. The number of halogens is 3. The number of benzene rings is 2. The third-order valence-electron chi connectivity index (χ3n) is 2.52. The summed E-state index contributed by atoms with van der Waals surface area (Å²) in [5.74, 6) is -0.215. The fraction of sp³-hybridized carbons (Fsp3) is 0.0769. The molecule has 0 radical (unpaired) electrons. The van der Waals surface area contributed by atoms with Crippen LogP contribution in [-0.2, 0) is 16.6 Å². The second-order valence-corrected chi connectivity index (χ2v) is 6.65. The molecule has 2 nitrogen and oxygen atoms in total. The van der Waals surface area contributed by atoms with Crippen molar-refractivity contribution in [3.63, 3.8) is 0 Å². The van der Waals surface area contributed by atoms with Crippen LogP contribution in [0.3, 0.4) is 0 Å². The number of nitrogens with two attached hydrogens (primary N) is 1. The molecule has 0 aliphatic rings. The van der Waals surface area contributed by atoms with Gasteiger partial charge in [-0.05, 0) is 35.9 Å². The summed E-state index contributed by atoms with van der Waals surface area (Å²) in [6.45, 7) is 0. The highest BCUT2D eigenvalue weighted by Gasteiger charge is 2.11. The fourth-order valence-electron chi connectivity index (χ4n) is 1.58. The normalized spacial score (nSPS) is 12.4. The zero-order valence-corrected chi connectivity index (χ0v) is 12.9. The first-order chi connectivity index (χ1) is 8.97. The first kappa shape index (κ1) is 14.5. The minimum Gasteiger partial charge on any atom is -0.398 e. The zero-order valence-electron chi connectivity index (χ0n) is 9.70. The van der Waals surface area contributed by atoms with Gasteiger partial charge in [0.15, 0.2) is 0 Å². The topological polar surface area (TPSA) is 43.1 Å². The lowest BCUT2D eigenvalue weighted by Crippen LogP contribution is -2.01. The Morgan fingerprint density at radius 3 is 2.63 bits per heavy atom. The number of anilines is 1. The molecule has 2 N–H and O–H groups in total. The number of hydrogen-bond acceptors (Lipinski definition) is 2. The molecule has 0 aromatic heterocycles. The lowest BCUT2D eigenvalue weighted by atomic mass is 10.2. The standard InChI is InChI=1S/C13H10BrClFNOS/c14-9-2-4-13(12(17)5-9)19(18)7-8-1-3-10(16)6-11(8)15/h1-6H,7,17H2. The van der Waals surface area contributed by atoms with Crippen LogP contribution >= 0.6 is 27.5 Å². The van der Waals surface area contributed by atoms with Crippen molar-refractivity contribution in [1.29, 1.82) is 0 Å². The highest BCUT2D eigenvalue weighted by Crippen LogP contribution is 2.25. The summed E-state index contributed by atoms with van der Waals surface area (Å²) < 4.78 is 26.0. The van der Waals surface area contributed by atoms with Crippen molar-refractivity contribution in [2.24, 2.45) is 0 Å². The van der Waals surface area contributed by atoms with Crippen LogP contribution in [-0.4, -0.2) is 4.21 Å². The summed E-state index contributed by atoms with van der Waals surface area (Å²) in [4.78, 5) is 0.545. The van der Waals surface area contributed by atoms with Crippen molar-refractivity contribution in [3.05, 3.63) is 57.3 Å². The molecule has 0 bridgehead atoms. The predicted octanol–water partition coefficient (Wildman–Crippen LogP) is 4.13. The maximum atomic E-state index is 12.9. The number of nitrogen functional groups attached to an aromatic ring is 1. The summed E-state index contributed by atoms with van der Waals surface area (Å²) in [5.41, 5.74) is 6.90. The minimum absolute atomic E-state index is 0.199. The van der Waals surface area contributed by atoms with Gasteiger partial charge in [0.05, 0.1) is 21.4 Å². The Morgan fingerprint density at radius 2 is 2.00 bits per heavy atom. The van der Waals surface area contributed by atoms with E-state index in [4.69, 9.17) is 17.3 Å². The van der Waals surface area contributed by atoms with E-state index in [0.717, 1.165) is 4.47 Å². The predicted molar refractivity (Wildman–Crippen MR) is 80.1 cm³/mol. The van der Waals surface area contributed by atoms with Gasteiger partial charge in [0.25, 0.3) is 0 Å². The van der Waals surface area contributed by atoms with Crippen molar-refractivity contribution in [2.45, 2.75) is 10.6 Å². The van der Waals surface area contributed by atoms with Gasteiger partial charge in [-0.15, -0.1) is 0 Å². The minimum atomic E-state index is -1.32. The highest BCUT2D eigenvalue weighted by molar-refractivity contribution is 9.10. The molecule has 2 aromatic carbocycles. The third kappa shape index (κ3) is 3.55. The van der Waals surface area contributed by atoms with E-state index in [0.29, 0.717) is 16.1 Å². The summed E-state index contributed by atoms with van der Waals surface area (Å²) in [6.07, 6.45) is 0. The van der Waals surface area contributed by atoms with Crippen LogP contribution in [0.4, 0.5) is 10.1 Å². The van der Waals surface area contributed by atoms with E-state index in [2.05, 4.69) is 15.9 Å². The lowest BCUT2D eigenvalue weighted by molar-refractivity contribution is 0.627. The van der Waals surface area contributed by atoms with Gasteiger partial charge >= 0.3 is 0 Å². The molecule has 0 amide bonds. The van der Waals surface area contributed by atoms with Gasteiger partial charge in [-0.25, -0.2) is 4.39 Å². The van der Waals surface area contributed by atoms with Gasteiger partial charge in [-0.3, -0.25) is 4.21 Å². The smallest absolute Gasteiger partial charge is 0.124 e. The van der Waals surface area contributed by atoms with E-state index >= 15 is 0 Å². The largest absolute Gasteiger partial charge is 0.398 e. The number of rotatable bonds is 3. The van der Waals surface area contributed by atoms with Crippen molar-refractivity contribution in [2.75, 3.05) is 5.73 Å². The van der Waals surface area contributed by atoms with Gasteiger partial charge in [0, 0.05) is 15.2 Å². The van der Waals surface area contributed by atoms with Crippen LogP contribution in [0.15, 0.2) is 45.8 Å². The van der Waals surface area contributed by atoms with Gasteiger partial charge in [0.1, 0.15) is 5.82 Å². The Labute approximate surface area is 126 Å². The first-order valence-corrected chi connectivity index (χ1v) is 7.83. The Kier molecular flexibility index (Phi) is 4.60. The van der Waals surface area contributed by atoms with Crippen LogP contribution in [0, 0.1) is 5.82 Å². The lowest BCUT2D eigenvalue weighted by Gasteiger charge is -2.08. The molecule has 2 rings (SSSR count). The second kappa shape index (κ2) is 6.03.